The zero-order valence-corrected chi connectivity index (χ0v) is 11.1. The van der Waals surface area contributed by atoms with Gasteiger partial charge in [-0.3, -0.25) is 5.43 Å². The lowest BCUT2D eigenvalue weighted by Gasteiger charge is -2.13. The molecule has 1 aliphatic heterocycles. The second kappa shape index (κ2) is 5.51. The van der Waals surface area contributed by atoms with Crippen LogP contribution in [0.4, 0.5) is 13.2 Å². The minimum Gasteiger partial charge on any atom is -0.454 e. The molecule has 0 amide bonds. The summed E-state index contributed by atoms with van der Waals surface area (Å²) < 4.78 is 45.9. The van der Waals surface area contributed by atoms with Gasteiger partial charge in [0.1, 0.15) is 17.6 Å². The molecule has 1 unspecified atom stereocenters. The zero-order valence-electron chi connectivity index (χ0n) is 11.1. The van der Waals surface area contributed by atoms with E-state index in [1.165, 1.54) is 30.5 Å². The van der Waals surface area contributed by atoms with Crippen molar-refractivity contribution in [1.82, 2.24) is 5.43 Å². The van der Waals surface area contributed by atoms with Crippen LogP contribution in [0.25, 0.3) is 0 Å². The van der Waals surface area contributed by atoms with E-state index < -0.39 is 23.5 Å². The molecule has 1 heterocycles. The Morgan fingerprint density at radius 3 is 2.59 bits per heavy atom. The summed E-state index contributed by atoms with van der Waals surface area (Å²) in [6, 6.07) is 6.70. The van der Waals surface area contributed by atoms with Crippen LogP contribution in [0.1, 0.15) is 11.6 Å². The molecule has 0 fully saturated rings. The molecule has 0 spiro atoms. The Kier molecular flexibility index (Phi) is 3.54. The van der Waals surface area contributed by atoms with E-state index in [-0.39, 0.29) is 22.8 Å². The van der Waals surface area contributed by atoms with Crippen molar-refractivity contribution < 1.29 is 17.9 Å². The summed E-state index contributed by atoms with van der Waals surface area (Å²) in [6.45, 7) is 0. The highest BCUT2D eigenvalue weighted by molar-refractivity contribution is 6.32. The Morgan fingerprint density at radius 1 is 1.09 bits per heavy atom. The van der Waals surface area contributed by atoms with E-state index in [0.29, 0.717) is 0 Å². The third-order valence-electron chi connectivity index (χ3n) is 3.15. The van der Waals surface area contributed by atoms with E-state index in [1.807, 2.05) is 0 Å². The summed E-state index contributed by atoms with van der Waals surface area (Å²) in [6.07, 6.45) is 1.29. The van der Waals surface area contributed by atoms with E-state index in [4.69, 9.17) is 10.1 Å². The topological polar surface area (TPSA) is 57.5 Å². The van der Waals surface area contributed by atoms with Crippen molar-refractivity contribution in [1.29, 1.82) is 5.41 Å². The minimum absolute atomic E-state index is 0.0243. The molecule has 1 aliphatic rings. The molecular formula is C15H10F3N3O. The largest absolute Gasteiger partial charge is 0.454 e. The van der Waals surface area contributed by atoms with Gasteiger partial charge in [-0.1, -0.05) is 6.07 Å². The number of ether oxygens (including phenoxy) is 1. The van der Waals surface area contributed by atoms with Gasteiger partial charge in [0, 0.05) is 11.6 Å². The highest BCUT2D eigenvalue weighted by Crippen LogP contribution is 2.29. The van der Waals surface area contributed by atoms with Crippen LogP contribution in [0.15, 0.2) is 41.5 Å². The molecule has 2 aromatic rings. The van der Waals surface area contributed by atoms with Gasteiger partial charge in [-0.15, -0.1) is 0 Å². The molecule has 22 heavy (non-hydrogen) atoms. The Morgan fingerprint density at radius 2 is 1.91 bits per heavy atom. The predicted molar refractivity (Wildman–Crippen MR) is 74.9 cm³/mol. The fraction of sp³-hybridized carbons (Fsp3) is 0.0667. The molecule has 0 radical (unpaired) electrons. The van der Waals surface area contributed by atoms with Crippen LogP contribution in [-0.4, -0.2) is 11.9 Å². The van der Waals surface area contributed by atoms with Crippen molar-refractivity contribution in [2.24, 2.45) is 5.10 Å². The molecule has 1 atom stereocenters. The maximum Gasteiger partial charge on any atom is 0.201 e. The molecule has 7 heteroatoms. The molecule has 2 N–H and O–H groups in total. The standard InChI is InChI=1S/C15H10F3N3O/c16-10-2-1-3-13(14(10)18)22-8-4-5-9(11(17)6-8)15-12(19)7-20-21-15/h1-7,15,19,21H. The zero-order chi connectivity index (χ0) is 15.7. The lowest BCUT2D eigenvalue weighted by molar-refractivity contribution is 0.413. The first kappa shape index (κ1) is 14.1. The Bertz CT molecular complexity index is 777. The maximum absolute atomic E-state index is 14.1. The van der Waals surface area contributed by atoms with E-state index >= 15 is 0 Å². The number of benzene rings is 2. The molecule has 0 saturated carbocycles. The van der Waals surface area contributed by atoms with Gasteiger partial charge in [0.25, 0.3) is 0 Å². The summed E-state index contributed by atoms with van der Waals surface area (Å²) in [5, 5.41) is 11.3. The summed E-state index contributed by atoms with van der Waals surface area (Å²) in [4.78, 5) is 0. The molecular weight excluding hydrogens is 295 g/mol. The van der Waals surface area contributed by atoms with Crippen molar-refractivity contribution >= 4 is 11.9 Å². The van der Waals surface area contributed by atoms with E-state index in [9.17, 15) is 13.2 Å². The number of hydrazone groups is 1. The maximum atomic E-state index is 14.1. The van der Waals surface area contributed by atoms with Crippen molar-refractivity contribution in [2.45, 2.75) is 6.04 Å². The lowest BCUT2D eigenvalue weighted by Crippen LogP contribution is -2.18. The quantitative estimate of drug-likeness (QED) is 0.911. The van der Waals surface area contributed by atoms with E-state index in [2.05, 4.69) is 10.5 Å². The smallest absolute Gasteiger partial charge is 0.201 e. The number of hydrogen-bond acceptors (Lipinski definition) is 4. The normalized spacial score (nSPS) is 16.7. The highest BCUT2D eigenvalue weighted by Gasteiger charge is 2.23. The summed E-state index contributed by atoms with van der Waals surface area (Å²) in [5.74, 6) is -3.13. The molecule has 2 aromatic carbocycles. The molecule has 0 aliphatic carbocycles. The lowest BCUT2D eigenvalue weighted by atomic mass is 10.0. The highest BCUT2D eigenvalue weighted by atomic mass is 19.2. The first-order valence-corrected chi connectivity index (χ1v) is 6.34. The summed E-state index contributed by atoms with van der Waals surface area (Å²) in [5.41, 5.74) is 2.95. The molecule has 0 bridgehead atoms. The number of halogens is 3. The molecule has 3 rings (SSSR count). The SMILES string of the molecule is N=C1C=NNC1c1ccc(Oc2cccc(F)c2F)cc1F. The Balaban J connectivity index is 1.86. The van der Waals surface area contributed by atoms with Gasteiger partial charge >= 0.3 is 0 Å². The van der Waals surface area contributed by atoms with Crippen molar-refractivity contribution in [3.05, 3.63) is 59.4 Å². The van der Waals surface area contributed by atoms with Crippen molar-refractivity contribution in [3.8, 4) is 11.5 Å². The van der Waals surface area contributed by atoms with Gasteiger partial charge < -0.3 is 10.1 Å². The molecule has 112 valence electrons. The monoisotopic (exact) mass is 305 g/mol. The average molecular weight is 305 g/mol. The summed E-state index contributed by atoms with van der Waals surface area (Å²) >= 11 is 0. The third-order valence-corrected chi connectivity index (χ3v) is 3.15. The van der Waals surface area contributed by atoms with E-state index in [1.54, 1.807) is 0 Å². The Labute approximate surface area is 123 Å². The predicted octanol–water partition coefficient (Wildman–Crippen LogP) is 3.55. The first-order chi connectivity index (χ1) is 10.6. The number of hydrogen-bond donors (Lipinski definition) is 2. The summed E-state index contributed by atoms with van der Waals surface area (Å²) in [7, 11) is 0. The van der Waals surface area contributed by atoms with Gasteiger partial charge in [-0.25, -0.2) is 8.78 Å². The fourth-order valence-corrected chi connectivity index (χ4v) is 2.06. The van der Waals surface area contributed by atoms with Gasteiger partial charge in [0.15, 0.2) is 11.6 Å². The Hall–Kier alpha value is -2.83. The fourth-order valence-electron chi connectivity index (χ4n) is 2.06. The molecule has 4 nitrogen and oxygen atoms in total. The van der Waals surface area contributed by atoms with E-state index in [0.717, 1.165) is 12.1 Å². The first-order valence-electron chi connectivity index (χ1n) is 6.34. The molecule has 0 saturated heterocycles. The van der Waals surface area contributed by atoms with Crippen LogP contribution in [-0.2, 0) is 0 Å². The van der Waals surface area contributed by atoms with Crippen LogP contribution < -0.4 is 10.2 Å². The van der Waals surface area contributed by atoms with Crippen LogP contribution in [0.2, 0.25) is 0 Å². The minimum atomic E-state index is -1.14. The van der Waals surface area contributed by atoms with Gasteiger partial charge in [0.2, 0.25) is 5.82 Å². The van der Waals surface area contributed by atoms with Crippen LogP contribution >= 0.6 is 0 Å². The van der Waals surface area contributed by atoms with Gasteiger partial charge in [0.05, 0.1) is 11.9 Å². The van der Waals surface area contributed by atoms with Crippen LogP contribution in [0, 0.1) is 22.9 Å². The van der Waals surface area contributed by atoms with Crippen molar-refractivity contribution in [3.63, 3.8) is 0 Å². The van der Waals surface area contributed by atoms with Gasteiger partial charge in [-0.2, -0.15) is 9.49 Å². The van der Waals surface area contributed by atoms with Gasteiger partial charge in [-0.05, 0) is 24.3 Å². The second-order valence-electron chi connectivity index (χ2n) is 4.61. The van der Waals surface area contributed by atoms with Crippen LogP contribution in [0.3, 0.4) is 0 Å². The second-order valence-corrected chi connectivity index (χ2v) is 4.61. The number of nitrogens with zero attached hydrogens (tertiary/aromatic N) is 1. The average Bonchev–Trinajstić information content (AvgIpc) is 2.90. The number of nitrogens with one attached hydrogen (secondary N) is 2. The van der Waals surface area contributed by atoms with Crippen LogP contribution in [0.5, 0.6) is 11.5 Å². The van der Waals surface area contributed by atoms with Crippen molar-refractivity contribution in [2.75, 3.05) is 0 Å². The third kappa shape index (κ3) is 2.52. The molecule has 0 aromatic heterocycles. The number of rotatable bonds is 3.